The molecule has 1 unspecified atom stereocenters. The summed E-state index contributed by atoms with van der Waals surface area (Å²) in [6, 6.07) is 20.0. The number of carbonyl (C=O) groups is 3. The molecule has 1 aliphatic heterocycles. The minimum absolute atomic E-state index is 0.0961. The quantitative estimate of drug-likeness (QED) is 0.131. The highest BCUT2D eigenvalue weighted by Crippen LogP contribution is 2.39. The van der Waals surface area contributed by atoms with Crippen LogP contribution >= 0.6 is 22.6 Å². The van der Waals surface area contributed by atoms with E-state index in [2.05, 4.69) is 32.9 Å². The van der Waals surface area contributed by atoms with Crippen molar-refractivity contribution in [3.05, 3.63) is 93.3 Å². The number of amides is 4. The van der Waals surface area contributed by atoms with Gasteiger partial charge in [0.1, 0.15) is 23.7 Å². The van der Waals surface area contributed by atoms with Gasteiger partial charge in [0.05, 0.1) is 24.2 Å². The second-order valence-electron chi connectivity index (χ2n) is 10.2. The van der Waals surface area contributed by atoms with E-state index in [4.69, 9.17) is 19.9 Å². The van der Waals surface area contributed by atoms with Crippen LogP contribution in [0.15, 0.2) is 72.8 Å². The van der Waals surface area contributed by atoms with Gasteiger partial charge in [0.15, 0.2) is 6.61 Å². The van der Waals surface area contributed by atoms with E-state index in [0.717, 1.165) is 20.2 Å². The van der Waals surface area contributed by atoms with Crippen molar-refractivity contribution in [2.75, 3.05) is 32.9 Å². The third kappa shape index (κ3) is 6.65. The summed E-state index contributed by atoms with van der Waals surface area (Å²) in [6.07, 6.45) is 0. The molecule has 1 aliphatic rings. The summed E-state index contributed by atoms with van der Waals surface area (Å²) in [5.41, 5.74) is 3.08. The Morgan fingerprint density at radius 3 is 2.42 bits per heavy atom. The van der Waals surface area contributed by atoms with Gasteiger partial charge in [-0.15, -0.1) is 0 Å². The van der Waals surface area contributed by atoms with Crippen LogP contribution < -0.4 is 10.1 Å². The van der Waals surface area contributed by atoms with E-state index in [1.165, 1.54) is 9.80 Å². The number of halogens is 1. The monoisotopic (exact) mass is 697 g/mol. The van der Waals surface area contributed by atoms with Crippen molar-refractivity contribution in [1.29, 1.82) is 0 Å². The van der Waals surface area contributed by atoms with E-state index in [0.29, 0.717) is 17.1 Å². The molecule has 4 amide bonds. The van der Waals surface area contributed by atoms with Gasteiger partial charge in [0.2, 0.25) is 0 Å². The third-order valence-electron chi connectivity index (χ3n) is 7.46. The number of hydrogen-bond donors (Lipinski definition) is 4. The molecular formula is C31H32IN5O6. The number of rotatable bonds is 12. The number of benzene rings is 3. The zero-order valence-electron chi connectivity index (χ0n) is 23.4. The number of imide groups is 1. The van der Waals surface area contributed by atoms with Crippen molar-refractivity contribution in [3.8, 4) is 5.75 Å². The van der Waals surface area contributed by atoms with Crippen LogP contribution in [0.1, 0.15) is 41.9 Å². The Bertz CT molecular complexity index is 1590. The van der Waals surface area contributed by atoms with E-state index in [9.17, 15) is 14.4 Å². The van der Waals surface area contributed by atoms with Crippen LogP contribution in [-0.4, -0.2) is 80.7 Å². The maximum atomic E-state index is 13.9. The van der Waals surface area contributed by atoms with E-state index in [1.54, 1.807) is 24.3 Å². The number of fused-ring (bicyclic) bond motifs is 1. The number of hydrogen-bond acceptors (Lipinski definition) is 7. The molecule has 3 atom stereocenters. The van der Waals surface area contributed by atoms with Crippen molar-refractivity contribution >= 4 is 51.5 Å². The maximum Gasteiger partial charge on any atom is 0.325 e. The van der Waals surface area contributed by atoms with Crippen molar-refractivity contribution in [1.82, 2.24) is 25.1 Å². The normalized spacial score (nSPS) is 16.3. The van der Waals surface area contributed by atoms with Crippen molar-refractivity contribution in [2.45, 2.75) is 24.9 Å². The molecule has 12 heteroatoms. The first-order valence-corrected chi connectivity index (χ1v) is 14.9. The highest BCUT2D eigenvalue weighted by atomic mass is 127. The predicted octanol–water partition coefficient (Wildman–Crippen LogP) is 3.50. The van der Waals surface area contributed by atoms with Gasteiger partial charge in [-0.25, -0.2) is 9.78 Å². The van der Waals surface area contributed by atoms with Crippen LogP contribution in [0.5, 0.6) is 5.75 Å². The van der Waals surface area contributed by atoms with Crippen LogP contribution in [0.25, 0.3) is 11.0 Å². The van der Waals surface area contributed by atoms with E-state index >= 15 is 0 Å². The van der Waals surface area contributed by atoms with Crippen LogP contribution in [0, 0.1) is 3.57 Å². The fourth-order valence-corrected chi connectivity index (χ4v) is 5.73. The Kier molecular flexibility index (Phi) is 9.58. The molecule has 1 saturated heterocycles. The fourth-order valence-electron chi connectivity index (χ4n) is 5.24. The van der Waals surface area contributed by atoms with Crippen molar-refractivity contribution in [2.24, 2.45) is 0 Å². The number of nitrogens with one attached hydrogen (secondary N) is 2. The standard InChI is InChI=1S/C31H32IN5O6/c1-19(20-5-3-2-4-6-20)28(29-33-24-12-9-22(32)17-25(24)34-29)37-30(41)27(35-31(37)42)21-7-10-23(11-8-21)43-18-26(40)36(13-15-38)14-16-39/h2-12,17,19,27-28,38-39H,13-16,18H2,1H3,(H,33,34)(H,35,42)/t19-,27?,28-/m0/s1. The van der Waals surface area contributed by atoms with Crippen molar-refractivity contribution in [3.63, 3.8) is 0 Å². The Labute approximate surface area is 262 Å². The second kappa shape index (κ2) is 13.5. The molecule has 3 aromatic carbocycles. The summed E-state index contributed by atoms with van der Waals surface area (Å²) in [5, 5.41) is 21.1. The van der Waals surface area contributed by atoms with Crippen LogP contribution in [0.2, 0.25) is 0 Å². The van der Waals surface area contributed by atoms with Gasteiger partial charge in [-0.1, -0.05) is 49.4 Å². The lowest BCUT2D eigenvalue weighted by atomic mass is 9.91. The number of aromatic nitrogens is 2. The maximum absolute atomic E-state index is 13.9. The summed E-state index contributed by atoms with van der Waals surface area (Å²) in [7, 11) is 0. The van der Waals surface area contributed by atoms with E-state index in [1.807, 2.05) is 55.5 Å². The first-order valence-electron chi connectivity index (χ1n) is 13.9. The molecule has 11 nitrogen and oxygen atoms in total. The van der Waals surface area contributed by atoms with Crippen LogP contribution in [0.3, 0.4) is 0 Å². The molecule has 224 valence electrons. The Balaban J connectivity index is 1.37. The number of carbonyl (C=O) groups excluding carboxylic acids is 3. The van der Waals surface area contributed by atoms with Gasteiger partial charge < -0.3 is 30.2 Å². The molecule has 0 bridgehead atoms. The van der Waals surface area contributed by atoms with Gasteiger partial charge >= 0.3 is 6.03 Å². The second-order valence-corrected chi connectivity index (χ2v) is 11.4. The zero-order valence-corrected chi connectivity index (χ0v) is 25.6. The highest BCUT2D eigenvalue weighted by Gasteiger charge is 2.46. The zero-order chi connectivity index (χ0) is 30.5. The smallest absolute Gasteiger partial charge is 0.325 e. The van der Waals surface area contributed by atoms with Crippen LogP contribution in [0.4, 0.5) is 4.79 Å². The van der Waals surface area contributed by atoms with Gasteiger partial charge in [-0.2, -0.15) is 0 Å². The van der Waals surface area contributed by atoms with E-state index in [-0.39, 0.29) is 44.7 Å². The number of aliphatic hydroxyl groups is 2. The Morgan fingerprint density at radius 1 is 1.05 bits per heavy atom. The minimum Gasteiger partial charge on any atom is -0.484 e. The molecule has 2 heterocycles. The average molecular weight is 698 g/mol. The molecule has 0 saturated carbocycles. The largest absolute Gasteiger partial charge is 0.484 e. The lowest BCUT2D eigenvalue weighted by Crippen LogP contribution is -2.38. The Hall–Kier alpha value is -4.01. The topological polar surface area (TPSA) is 148 Å². The minimum atomic E-state index is -0.913. The van der Waals surface area contributed by atoms with Crippen LogP contribution in [-0.2, 0) is 9.59 Å². The van der Waals surface area contributed by atoms with Gasteiger partial charge in [0.25, 0.3) is 11.8 Å². The number of nitrogens with zero attached hydrogens (tertiary/aromatic N) is 3. The Morgan fingerprint density at radius 2 is 1.74 bits per heavy atom. The summed E-state index contributed by atoms with van der Waals surface area (Å²) in [5.74, 6) is -0.132. The van der Waals surface area contributed by atoms with Crippen molar-refractivity contribution < 1.29 is 29.3 Å². The third-order valence-corrected chi connectivity index (χ3v) is 8.13. The average Bonchev–Trinajstić information content (AvgIpc) is 3.56. The summed E-state index contributed by atoms with van der Waals surface area (Å²) >= 11 is 2.23. The molecule has 1 aromatic heterocycles. The number of ether oxygens (including phenoxy) is 1. The summed E-state index contributed by atoms with van der Waals surface area (Å²) in [4.78, 5) is 50.4. The number of H-pyrrole nitrogens is 1. The molecular weight excluding hydrogens is 665 g/mol. The molecule has 5 rings (SSSR count). The molecule has 4 N–H and O–H groups in total. The van der Waals surface area contributed by atoms with E-state index < -0.39 is 24.0 Å². The number of imidazole rings is 1. The molecule has 0 spiro atoms. The summed E-state index contributed by atoms with van der Waals surface area (Å²) < 4.78 is 6.63. The van der Waals surface area contributed by atoms with Gasteiger partial charge in [-0.3, -0.25) is 14.5 Å². The number of urea groups is 1. The highest BCUT2D eigenvalue weighted by molar-refractivity contribution is 14.1. The molecule has 0 radical (unpaired) electrons. The van der Waals surface area contributed by atoms with Gasteiger partial charge in [0, 0.05) is 22.6 Å². The lowest BCUT2D eigenvalue weighted by molar-refractivity contribution is -0.134. The van der Waals surface area contributed by atoms with Gasteiger partial charge in [-0.05, 0) is 64.0 Å². The molecule has 0 aliphatic carbocycles. The molecule has 4 aromatic rings. The predicted molar refractivity (Wildman–Crippen MR) is 167 cm³/mol. The first kappa shape index (κ1) is 30.4. The molecule has 1 fully saturated rings. The lowest BCUT2D eigenvalue weighted by Gasteiger charge is -2.29. The first-order chi connectivity index (χ1) is 20.8. The summed E-state index contributed by atoms with van der Waals surface area (Å²) in [6.45, 7) is 1.44. The fraction of sp³-hybridized carbons (Fsp3) is 0.290. The number of aliphatic hydroxyl groups excluding tert-OH is 2. The number of aromatic amines is 1. The SMILES string of the molecule is C[C@@H](c1ccccc1)[C@@H](c1nc2ccc(I)cc2[nH]1)N1C(=O)NC(c2ccc(OCC(=O)N(CCO)CCO)cc2)C1=O. The molecule has 43 heavy (non-hydrogen) atoms.